The molecular weight excluding hydrogens is 284 g/mol. The second-order valence-electron chi connectivity index (χ2n) is 4.90. The predicted molar refractivity (Wildman–Crippen MR) is 73.4 cm³/mol. The zero-order chi connectivity index (χ0) is 14.3. The molecule has 3 rings (SSSR count). The van der Waals surface area contributed by atoms with E-state index < -0.39 is 11.6 Å². The number of rotatable bonds is 3. The van der Waals surface area contributed by atoms with Crippen LogP contribution in [0.15, 0.2) is 18.2 Å². The Balaban J connectivity index is 1.96. The van der Waals surface area contributed by atoms with Crippen LogP contribution in [0.5, 0.6) is 0 Å². The maximum atomic E-state index is 13.2. The number of nitrogens with one attached hydrogen (secondary N) is 1. The van der Waals surface area contributed by atoms with Gasteiger partial charge in [-0.3, -0.25) is 0 Å². The van der Waals surface area contributed by atoms with Crippen molar-refractivity contribution >= 4 is 23.1 Å². The van der Waals surface area contributed by atoms with Crippen LogP contribution in [0.1, 0.15) is 30.1 Å². The van der Waals surface area contributed by atoms with Crippen LogP contribution in [0.3, 0.4) is 0 Å². The van der Waals surface area contributed by atoms with Crippen molar-refractivity contribution in [1.29, 1.82) is 0 Å². The molecule has 1 heterocycles. The molecule has 0 spiro atoms. The molecule has 1 aliphatic carbocycles. The van der Waals surface area contributed by atoms with Crippen LogP contribution in [0.25, 0.3) is 0 Å². The lowest BCUT2D eigenvalue weighted by atomic mass is 10.2. The van der Waals surface area contributed by atoms with Crippen LogP contribution in [0, 0.1) is 18.6 Å². The molecule has 1 aliphatic rings. The number of halogens is 3. The molecule has 6 heteroatoms. The summed E-state index contributed by atoms with van der Waals surface area (Å²) in [6.07, 6.45) is 2.10. The fraction of sp³-hybridized carbons (Fsp3) is 0.286. The summed E-state index contributed by atoms with van der Waals surface area (Å²) in [6.45, 7) is 1.76. The Bertz CT molecular complexity index is 651. The summed E-state index contributed by atoms with van der Waals surface area (Å²) in [6, 6.07) is 3.23. The van der Waals surface area contributed by atoms with E-state index in [2.05, 4.69) is 15.3 Å². The van der Waals surface area contributed by atoms with Crippen molar-refractivity contribution in [2.45, 2.75) is 25.7 Å². The summed E-state index contributed by atoms with van der Waals surface area (Å²) in [5.74, 6) is 0.218. The number of nitrogens with zero attached hydrogens (tertiary/aromatic N) is 2. The number of aromatic nitrogens is 2. The topological polar surface area (TPSA) is 37.8 Å². The van der Waals surface area contributed by atoms with Crippen LogP contribution in [-0.4, -0.2) is 9.97 Å². The first-order valence-corrected chi connectivity index (χ1v) is 6.68. The quantitative estimate of drug-likeness (QED) is 0.856. The van der Waals surface area contributed by atoms with E-state index in [-0.39, 0.29) is 0 Å². The lowest BCUT2D eigenvalue weighted by Gasteiger charge is -2.11. The standard InChI is InChI=1S/C14H12ClF2N3/c1-7-12(15)19-14(8-2-3-8)20-13(7)18-11-5-9(16)4-10(17)6-11/h4-6,8H,2-3H2,1H3,(H,18,19,20). The van der Waals surface area contributed by atoms with Crippen LogP contribution in [-0.2, 0) is 0 Å². The molecule has 0 bridgehead atoms. The van der Waals surface area contributed by atoms with Gasteiger partial charge in [0.25, 0.3) is 0 Å². The van der Waals surface area contributed by atoms with E-state index in [0.29, 0.717) is 34.0 Å². The Morgan fingerprint density at radius 2 is 1.80 bits per heavy atom. The minimum atomic E-state index is -0.646. The third kappa shape index (κ3) is 2.72. The van der Waals surface area contributed by atoms with E-state index in [1.807, 2.05) is 0 Å². The van der Waals surface area contributed by atoms with Crippen LogP contribution in [0.4, 0.5) is 20.3 Å². The van der Waals surface area contributed by atoms with Crippen molar-refractivity contribution in [3.63, 3.8) is 0 Å². The maximum Gasteiger partial charge on any atom is 0.138 e. The third-order valence-corrected chi connectivity index (χ3v) is 3.54. The summed E-state index contributed by atoms with van der Waals surface area (Å²) >= 11 is 6.08. The van der Waals surface area contributed by atoms with E-state index >= 15 is 0 Å². The first kappa shape index (κ1) is 13.2. The highest BCUT2D eigenvalue weighted by Gasteiger charge is 2.28. The summed E-state index contributed by atoms with van der Waals surface area (Å²) in [7, 11) is 0. The van der Waals surface area contributed by atoms with Gasteiger partial charge in [-0.05, 0) is 31.9 Å². The molecule has 0 radical (unpaired) electrons. The lowest BCUT2D eigenvalue weighted by Crippen LogP contribution is -2.03. The first-order chi connectivity index (χ1) is 9.52. The second-order valence-corrected chi connectivity index (χ2v) is 5.26. The largest absolute Gasteiger partial charge is 0.340 e. The van der Waals surface area contributed by atoms with Gasteiger partial charge in [-0.1, -0.05) is 11.6 Å². The van der Waals surface area contributed by atoms with Gasteiger partial charge in [-0.25, -0.2) is 18.7 Å². The highest BCUT2D eigenvalue weighted by Crippen LogP contribution is 2.39. The number of anilines is 2. The van der Waals surface area contributed by atoms with Gasteiger partial charge < -0.3 is 5.32 Å². The van der Waals surface area contributed by atoms with Gasteiger partial charge in [0.15, 0.2) is 0 Å². The molecule has 0 amide bonds. The molecule has 1 aromatic carbocycles. The predicted octanol–water partition coefficient (Wildman–Crippen LogP) is 4.34. The van der Waals surface area contributed by atoms with Crippen LogP contribution in [0.2, 0.25) is 5.15 Å². The van der Waals surface area contributed by atoms with E-state index in [9.17, 15) is 8.78 Å². The SMILES string of the molecule is Cc1c(Cl)nc(C2CC2)nc1Nc1cc(F)cc(F)c1. The Labute approximate surface area is 120 Å². The van der Waals surface area contributed by atoms with Gasteiger partial charge >= 0.3 is 0 Å². The maximum absolute atomic E-state index is 13.2. The molecule has 0 aliphatic heterocycles. The smallest absolute Gasteiger partial charge is 0.138 e. The average molecular weight is 296 g/mol. The lowest BCUT2D eigenvalue weighted by molar-refractivity contribution is 0.584. The van der Waals surface area contributed by atoms with Gasteiger partial charge in [0.05, 0.1) is 0 Å². The van der Waals surface area contributed by atoms with E-state index in [1.165, 1.54) is 12.1 Å². The summed E-state index contributed by atoms with van der Waals surface area (Å²) < 4.78 is 26.4. The zero-order valence-corrected chi connectivity index (χ0v) is 11.5. The fourth-order valence-electron chi connectivity index (χ4n) is 1.91. The molecule has 1 aromatic heterocycles. The highest BCUT2D eigenvalue weighted by atomic mass is 35.5. The molecule has 2 aromatic rings. The molecule has 1 fully saturated rings. The van der Waals surface area contributed by atoms with Gasteiger partial charge in [-0.2, -0.15) is 0 Å². The molecule has 104 valence electrons. The minimum absolute atomic E-state index is 0.294. The number of benzene rings is 1. The van der Waals surface area contributed by atoms with Gasteiger partial charge in [-0.15, -0.1) is 0 Å². The molecule has 0 atom stereocenters. The van der Waals surface area contributed by atoms with Gasteiger partial charge in [0.1, 0.15) is 28.4 Å². The Hall–Kier alpha value is -1.75. The van der Waals surface area contributed by atoms with Crippen molar-refractivity contribution in [2.75, 3.05) is 5.32 Å². The fourth-order valence-corrected chi connectivity index (χ4v) is 2.09. The molecule has 20 heavy (non-hydrogen) atoms. The van der Waals surface area contributed by atoms with Crippen molar-refractivity contribution in [3.8, 4) is 0 Å². The highest BCUT2D eigenvalue weighted by molar-refractivity contribution is 6.30. The molecule has 0 unspecified atom stereocenters. The van der Waals surface area contributed by atoms with Crippen molar-refractivity contribution < 1.29 is 8.78 Å². The molecule has 1 saturated carbocycles. The normalized spacial score (nSPS) is 14.4. The number of hydrogen-bond acceptors (Lipinski definition) is 3. The Morgan fingerprint density at radius 1 is 1.15 bits per heavy atom. The second kappa shape index (κ2) is 4.98. The Kier molecular flexibility index (Phi) is 3.30. The molecule has 1 N–H and O–H groups in total. The van der Waals surface area contributed by atoms with Crippen molar-refractivity contribution in [2.24, 2.45) is 0 Å². The van der Waals surface area contributed by atoms with Crippen LogP contribution >= 0.6 is 11.6 Å². The monoisotopic (exact) mass is 295 g/mol. The molecule has 3 nitrogen and oxygen atoms in total. The molecular formula is C14H12ClF2N3. The van der Waals surface area contributed by atoms with E-state index in [1.54, 1.807) is 6.92 Å². The minimum Gasteiger partial charge on any atom is -0.340 e. The third-order valence-electron chi connectivity index (χ3n) is 3.17. The zero-order valence-electron chi connectivity index (χ0n) is 10.8. The summed E-state index contributed by atoms with van der Waals surface area (Å²) in [5.41, 5.74) is 0.947. The van der Waals surface area contributed by atoms with E-state index in [0.717, 1.165) is 18.9 Å². The first-order valence-electron chi connectivity index (χ1n) is 6.30. The van der Waals surface area contributed by atoms with E-state index in [4.69, 9.17) is 11.6 Å². The Morgan fingerprint density at radius 3 is 2.40 bits per heavy atom. The van der Waals surface area contributed by atoms with Gasteiger partial charge in [0, 0.05) is 23.2 Å². The average Bonchev–Trinajstić information content (AvgIpc) is 3.17. The van der Waals surface area contributed by atoms with Crippen molar-refractivity contribution in [1.82, 2.24) is 9.97 Å². The summed E-state index contributed by atoms with van der Waals surface area (Å²) in [4.78, 5) is 8.64. The van der Waals surface area contributed by atoms with Crippen LogP contribution < -0.4 is 5.32 Å². The number of hydrogen-bond donors (Lipinski definition) is 1. The molecule has 0 saturated heterocycles. The van der Waals surface area contributed by atoms with Crippen molar-refractivity contribution in [3.05, 3.63) is 46.4 Å². The van der Waals surface area contributed by atoms with Gasteiger partial charge in [0.2, 0.25) is 0 Å². The summed E-state index contributed by atoms with van der Waals surface area (Å²) in [5, 5.41) is 3.26.